The first-order valence-electron chi connectivity index (χ1n) is 5.03. The molecule has 0 saturated heterocycles. The molecule has 0 bridgehead atoms. The number of alkyl halides is 3. The SMILES string of the molecule is NC1CC1c1cccc(Cl)c1.O=C(O)C(F)(F)F. The van der Waals surface area contributed by atoms with Crippen molar-refractivity contribution in [3.8, 4) is 0 Å². The maximum atomic E-state index is 10.6. The molecule has 1 aliphatic rings. The highest BCUT2D eigenvalue weighted by molar-refractivity contribution is 6.30. The van der Waals surface area contributed by atoms with E-state index < -0.39 is 12.1 Å². The highest BCUT2D eigenvalue weighted by Gasteiger charge is 2.38. The van der Waals surface area contributed by atoms with E-state index in [2.05, 4.69) is 6.07 Å². The van der Waals surface area contributed by atoms with Crippen LogP contribution in [-0.4, -0.2) is 23.3 Å². The monoisotopic (exact) mass is 281 g/mol. The molecule has 1 fully saturated rings. The summed E-state index contributed by atoms with van der Waals surface area (Å²) in [4.78, 5) is 8.90. The van der Waals surface area contributed by atoms with Gasteiger partial charge < -0.3 is 10.8 Å². The van der Waals surface area contributed by atoms with Crippen LogP contribution < -0.4 is 5.73 Å². The van der Waals surface area contributed by atoms with Crippen molar-refractivity contribution in [2.75, 3.05) is 0 Å². The van der Waals surface area contributed by atoms with Gasteiger partial charge in [-0.05, 0) is 24.1 Å². The molecule has 1 aliphatic carbocycles. The molecule has 0 heterocycles. The molecule has 2 unspecified atom stereocenters. The van der Waals surface area contributed by atoms with Crippen LogP contribution in [0.25, 0.3) is 0 Å². The van der Waals surface area contributed by atoms with Crippen molar-refractivity contribution in [1.29, 1.82) is 0 Å². The first-order valence-corrected chi connectivity index (χ1v) is 5.40. The Morgan fingerprint density at radius 1 is 1.44 bits per heavy atom. The van der Waals surface area contributed by atoms with Crippen molar-refractivity contribution in [2.45, 2.75) is 24.6 Å². The first kappa shape index (κ1) is 14.8. The van der Waals surface area contributed by atoms with E-state index in [0.717, 1.165) is 11.4 Å². The molecule has 1 saturated carbocycles. The summed E-state index contributed by atoms with van der Waals surface area (Å²) in [5.41, 5.74) is 6.99. The van der Waals surface area contributed by atoms with Gasteiger partial charge >= 0.3 is 12.1 Å². The van der Waals surface area contributed by atoms with Crippen LogP contribution in [0.2, 0.25) is 5.02 Å². The molecule has 0 aliphatic heterocycles. The van der Waals surface area contributed by atoms with Crippen molar-refractivity contribution >= 4 is 17.6 Å². The zero-order chi connectivity index (χ0) is 13.9. The molecule has 0 radical (unpaired) electrons. The van der Waals surface area contributed by atoms with Gasteiger partial charge in [0, 0.05) is 17.0 Å². The minimum Gasteiger partial charge on any atom is -0.475 e. The molecule has 0 spiro atoms. The molecule has 7 heteroatoms. The Kier molecular flexibility index (Phi) is 4.59. The maximum absolute atomic E-state index is 10.6. The second kappa shape index (κ2) is 5.58. The quantitative estimate of drug-likeness (QED) is 0.832. The van der Waals surface area contributed by atoms with Gasteiger partial charge in [0.1, 0.15) is 0 Å². The highest BCUT2D eigenvalue weighted by atomic mass is 35.5. The van der Waals surface area contributed by atoms with Gasteiger partial charge in [0.25, 0.3) is 0 Å². The number of carboxylic acids is 1. The van der Waals surface area contributed by atoms with Gasteiger partial charge in [0.2, 0.25) is 0 Å². The van der Waals surface area contributed by atoms with Crippen LogP contribution in [0, 0.1) is 0 Å². The van der Waals surface area contributed by atoms with Gasteiger partial charge in [-0.15, -0.1) is 0 Å². The van der Waals surface area contributed by atoms with Gasteiger partial charge in [-0.1, -0.05) is 23.7 Å². The largest absolute Gasteiger partial charge is 0.490 e. The molecule has 0 aromatic heterocycles. The van der Waals surface area contributed by atoms with E-state index in [4.69, 9.17) is 27.2 Å². The first-order chi connectivity index (χ1) is 8.21. The van der Waals surface area contributed by atoms with Crippen molar-refractivity contribution in [2.24, 2.45) is 5.73 Å². The van der Waals surface area contributed by atoms with Crippen LogP contribution in [-0.2, 0) is 4.79 Å². The van der Waals surface area contributed by atoms with Gasteiger partial charge in [-0.25, -0.2) is 4.79 Å². The molecule has 2 rings (SSSR count). The summed E-state index contributed by atoms with van der Waals surface area (Å²) < 4.78 is 31.7. The average Bonchev–Trinajstić information content (AvgIpc) is 2.95. The number of rotatable bonds is 1. The number of aliphatic carboxylic acids is 1. The van der Waals surface area contributed by atoms with Crippen LogP contribution in [0.4, 0.5) is 13.2 Å². The fraction of sp³-hybridized carbons (Fsp3) is 0.364. The Morgan fingerprint density at radius 2 is 1.94 bits per heavy atom. The predicted octanol–water partition coefficient (Wildman–Crippen LogP) is 2.79. The smallest absolute Gasteiger partial charge is 0.475 e. The second-order valence-electron chi connectivity index (χ2n) is 3.86. The third-order valence-corrected chi connectivity index (χ3v) is 2.59. The number of carboxylic acid groups (broad SMARTS) is 1. The lowest BCUT2D eigenvalue weighted by molar-refractivity contribution is -0.192. The summed E-state index contributed by atoms with van der Waals surface area (Å²) in [7, 11) is 0. The zero-order valence-electron chi connectivity index (χ0n) is 9.12. The summed E-state index contributed by atoms with van der Waals surface area (Å²) in [6.45, 7) is 0. The molecule has 100 valence electrons. The number of carbonyl (C=O) groups is 1. The lowest BCUT2D eigenvalue weighted by atomic mass is 10.1. The molecular weight excluding hydrogens is 271 g/mol. The van der Waals surface area contributed by atoms with Crippen molar-refractivity contribution in [1.82, 2.24) is 0 Å². The fourth-order valence-corrected chi connectivity index (χ4v) is 1.53. The maximum Gasteiger partial charge on any atom is 0.490 e. The summed E-state index contributed by atoms with van der Waals surface area (Å²) in [6, 6.07) is 8.32. The molecule has 3 N–H and O–H groups in total. The van der Waals surface area contributed by atoms with E-state index in [1.54, 1.807) is 0 Å². The molecular formula is C11H11ClF3NO2. The van der Waals surface area contributed by atoms with Crippen LogP contribution in [0.5, 0.6) is 0 Å². The standard InChI is InChI=1S/C9H10ClN.C2HF3O2/c10-7-3-1-2-6(4-7)8-5-9(8)11;3-2(4,5)1(6)7/h1-4,8-9H,5,11H2;(H,6,7). The molecule has 18 heavy (non-hydrogen) atoms. The van der Waals surface area contributed by atoms with E-state index in [0.29, 0.717) is 12.0 Å². The lowest BCUT2D eigenvalue weighted by Gasteiger charge is -1.97. The number of halogens is 4. The predicted molar refractivity (Wildman–Crippen MR) is 60.5 cm³/mol. The Labute approximate surface area is 106 Å². The summed E-state index contributed by atoms with van der Waals surface area (Å²) in [5.74, 6) is -2.19. The van der Waals surface area contributed by atoms with Gasteiger partial charge in [-0.3, -0.25) is 0 Å². The lowest BCUT2D eigenvalue weighted by Crippen LogP contribution is -2.21. The number of benzene rings is 1. The van der Waals surface area contributed by atoms with E-state index in [9.17, 15) is 13.2 Å². The van der Waals surface area contributed by atoms with Crippen molar-refractivity contribution in [3.05, 3.63) is 34.9 Å². The summed E-state index contributed by atoms with van der Waals surface area (Å²) in [5, 5.41) is 7.93. The van der Waals surface area contributed by atoms with E-state index in [1.165, 1.54) is 5.56 Å². The number of hydrogen-bond donors (Lipinski definition) is 2. The normalized spacial score (nSPS) is 21.8. The van der Waals surface area contributed by atoms with Gasteiger partial charge in [-0.2, -0.15) is 13.2 Å². The summed E-state index contributed by atoms with van der Waals surface area (Å²) in [6.07, 6.45) is -3.97. The Hall–Kier alpha value is -1.27. The van der Waals surface area contributed by atoms with E-state index in [-0.39, 0.29) is 0 Å². The molecule has 0 amide bonds. The third kappa shape index (κ3) is 4.54. The van der Waals surface area contributed by atoms with Gasteiger partial charge in [0.05, 0.1) is 0 Å². The van der Waals surface area contributed by atoms with E-state index >= 15 is 0 Å². The van der Waals surface area contributed by atoms with Gasteiger partial charge in [0.15, 0.2) is 0 Å². The minimum absolute atomic E-state index is 0.369. The second-order valence-corrected chi connectivity index (χ2v) is 4.30. The average molecular weight is 282 g/mol. The molecule has 1 aromatic carbocycles. The fourth-order valence-electron chi connectivity index (χ4n) is 1.34. The Morgan fingerprint density at radius 3 is 2.28 bits per heavy atom. The van der Waals surface area contributed by atoms with Crippen LogP contribution in [0.3, 0.4) is 0 Å². The minimum atomic E-state index is -5.08. The summed E-state index contributed by atoms with van der Waals surface area (Å²) >= 11 is 5.82. The molecule has 1 aromatic rings. The van der Waals surface area contributed by atoms with E-state index in [1.807, 2.05) is 18.2 Å². The van der Waals surface area contributed by atoms with Crippen LogP contribution in [0.1, 0.15) is 17.9 Å². The molecule has 2 atom stereocenters. The third-order valence-electron chi connectivity index (χ3n) is 2.36. The van der Waals surface area contributed by atoms with Crippen LogP contribution >= 0.6 is 11.6 Å². The van der Waals surface area contributed by atoms with Crippen molar-refractivity contribution in [3.63, 3.8) is 0 Å². The topological polar surface area (TPSA) is 63.3 Å². The molecule has 3 nitrogen and oxygen atoms in total. The van der Waals surface area contributed by atoms with Crippen molar-refractivity contribution < 1.29 is 23.1 Å². The zero-order valence-corrected chi connectivity index (χ0v) is 9.87. The highest BCUT2D eigenvalue weighted by Crippen LogP contribution is 2.39. The Bertz CT molecular complexity index is 437. The number of hydrogen-bond acceptors (Lipinski definition) is 2. The Balaban J connectivity index is 0.000000203. The number of nitrogens with two attached hydrogens (primary N) is 1. The van der Waals surface area contributed by atoms with Crippen LogP contribution in [0.15, 0.2) is 24.3 Å².